The lowest BCUT2D eigenvalue weighted by Crippen LogP contribution is -2.44. The zero-order chi connectivity index (χ0) is 13.7. The van der Waals surface area contributed by atoms with Crippen molar-refractivity contribution in [2.24, 2.45) is 0 Å². The van der Waals surface area contributed by atoms with E-state index in [1.165, 1.54) is 4.88 Å². The molecule has 2 heterocycles. The number of likely N-dealkylation sites (tertiary alicyclic amines) is 1. The van der Waals surface area contributed by atoms with Gasteiger partial charge in [0.2, 0.25) is 5.91 Å². The topological polar surface area (TPSA) is 57.6 Å². The maximum Gasteiger partial charge on any atom is 0.326 e. The molecule has 0 aliphatic carbocycles. The highest BCUT2D eigenvalue weighted by Crippen LogP contribution is 2.19. The Morgan fingerprint density at radius 3 is 2.89 bits per heavy atom. The lowest BCUT2D eigenvalue weighted by atomic mass is 10.1. The third kappa shape index (κ3) is 3.80. The average Bonchev–Trinajstić information content (AvgIpc) is 2.77. The number of hydrogen-bond acceptors (Lipinski definition) is 3. The first-order valence-electron chi connectivity index (χ1n) is 6.73. The van der Waals surface area contributed by atoms with E-state index in [1.807, 2.05) is 17.5 Å². The number of carboxylic acids is 1. The fourth-order valence-electron chi connectivity index (χ4n) is 2.49. The largest absolute Gasteiger partial charge is 0.480 e. The number of carboxylic acid groups (broad SMARTS) is 1. The summed E-state index contributed by atoms with van der Waals surface area (Å²) in [5, 5.41) is 11.2. The summed E-state index contributed by atoms with van der Waals surface area (Å²) >= 11 is 1.64. The van der Waals surface area contributed by atoms with Crippen LogP contribution in [0.25, 0.3) is 0 Å². The summed E-state index contributed by atoms with van der Waals surface area (Å²) in [6.07, 6.45) is 4.52. The summed E-state index contributed by atoms with van der Waals surface area (Å²) in [6.45, 7) is 0.584. The number of thiophene rings is 1. The quantitative estimate of drug-likeness (QED) is 0.922. The molecule has 1 unspecified atom stereocenters. The first-order valence-corrected chi connectivity index (χ1v) is 7.61. The minimum absolute atomic E-state index is 0.0253. The van der Waals surface area contributed by atoms with Crippen LogP contribution in [-0.2, 0) is 16.0 Å². The molecule has 1 aromatic heterocycles. The van der Waals surface area contributed by atoms with Gasteiger partial charge in [-0.25, -0.2) is 4.79 Å². The van der Waals surface area contributed by atoms with Gasteiger partial charge in [0.15, 0.2) is 0 Å². The van der Waals surface area contributed by atoms with Crippen molar-refractivity contribution in [3.8, 4) is 0 Å². The number of aliphatic carboxylic acids is 1. The Bertz CT molecular complexity index is 430. The summed E-state index contributed by atoms with van der Waals surface area (Å²) in [6, 6.07) is 3.35. The van der Waals surface area contributed by atoms with Crippen molar-refractivity contribution in [2.75, 3.05) is 6.54 Å². The molecule has 0 bridgehead atoms. The van der Waals surface area contributed by atoms with Crippen LogP contribution in [0.2, 0.25) is 0 Å². The lowest BCUT2D eigenvalue weighted by molar-refractivity contribution is -0.150. The standard InChI is InChI=1S/C14H19NO3S/c16-13(8-7-11-5-4-10-19-11)15-9-3-1-2-6-12(15)14(17)18/h4-5,10,12H,1-3,6-9H2,(H,17,18). The molecule has 1 N–H and O–H groups in total. The number of rotatable bonds is 4. The number of carbonyl (C=O) groups is 2. The number of aryl methyl sites for hydroxylation is 1. The van der Waals surface area contributed by atoms with E-state index in [9.17, 15) is 14.7 Å². The molecule has 1 aromatic rings. The van der Waals surface area contributed by atoms with Crippen LogP contribution in [0.5, 0.6) is 0 Å². The molecular weight excluding hydrogens is 262 g/mol. The van der Waals surface area contributed by atoms with E-state index in [-0.39, 0.29) is 5.91 Å². The van der Waals surface area contributed by atoms with Gasteiger partial charge in [-0.1, -0.05) is 18.9 Å². The Labute approximate surface area is 117 Å². The molecule has 5 heteroatoms. The normalized spacial score (nSPS) is 20.0. The van der Waals surface area contributed by atoms with Gasteiger partial charge < -0.3 is 10.0 Å². The van der Waals surface area contributed by atoms with Crippen LogP contribution in [0.1, 0.15) is 37.0 Å². The van der Waals surface area contributed by atoms with Crippen LogP contribution in [0.4, 0.5) is 0 Å². The Balaban J connectivity index is 1.96. The molecule has 2 rings (SSSR count). The molecule has 1 amide bonds. The van der Waals surface area contributed by atoms with Crippen LogP contribution < -0.4 is 0 Å². The highest BCUT2D eigenvalue weighted by molar-refractivity contribution is 7.09. The fourth-order valence-corrected chi connectivity index (χ4v) is 3.20. The smallest absolute Gasteiger partial charge is 0.326 e. The van der Waals surface area contributed by atoms with E-state index in [1.54, 1.807) is 16.2 Å². The van der Waals surface area contributed by atoms with Gasteiger partial charge in [0.1, 0.15) is 6.04 Å². The van der Waals surface area contributed by atoms with Crippen molar-refractivity contribution < 1.29 is 14.7 Å². The monoisotopic (exact) mass is 281 g/mol. The molecule has 0 radical (unpaired) electrons. The summed E-state index contributed by atoms with van der Waals surface area (Å²) in [5.74, 6) is -0.894. The minimum atomic E-state index is -0.869. The van der Waals surface area contributed by atoms with Gasteiger partial charge in [-0.15, -0.1) is 11.3 Å². The highest BCUT2D eigenvalue weighted by Gasteiger charge is 2.30. The highest BCUT2D eigenvalue weighted by atomic mass is 32.1. The third-order valence-electron chi connectivity index (χ3n) is 3.52. The van der Waals surface area contributed by atoms with E-state index >= 15 is 0 Å². The SMILES string of the molecule is O=C(O)C1CCCCCN1C(=O)CCc1cccs1. The Kier molecular flexibility index (Phi) is 4.96. The van der Waals surface area contributed by atoms with Crippen molar-refractivity contribution in [2.45, 2.75) is 44.6 Å². The molecular formula is C14H19NO3S. The Hall–Kier alpha value is -1.36. The van der Waals surface area contributed by atoms with Gasteiger partial charge in [0.05, 0.1) is 0 Å². The molecule has 1 atom stereocenters. The van der Waals surface area contributed by atoms with Gasteiger partial charge in [0, 0.05) is 17.8 Å². The maximum absolute atomic E-state index is 12.2. The predicted octanol–water partition coefficient (Wildman–Crippen LogP) is 2.54. The summed E-state index contributed by atoms with van der Waals surface area (Å²) < 4.78 is 0. The minimum Gasteiger partial charge on any atom is -0.480 e. The zero-order valence-corrected chi connectivity index (χ0v) is 11.7. The predicted molar refractivity (Wildman–Crippen MR) is 74.2 cm³/mol. The molecule has 4 nitrogen and oxygen atoms in total. The summed E-state index contributed by atoms with van der Waals surface area (Å²) in [7, 11) is 0. The first kappa shape index (κ1) is 14.1. The van der Waals surface area contributed by atoms with Gasteiger partial charge in [-0.3, -0.25) is 4.79 Å². The van der Waals surface area contributed by atoms with Gasteiger partial charge in [-0.2, -0.15) is 0 Å². The number of hydrogen-bond donors (Lipinski definition) is 1. The molecule has 19 heavy (non-hydrogen) atoms. The van der Waals surface area contributed by atoms with Crippen LogP contribution in [0.15, 0.2) is 17.5 Å². The van der Waals surface area contributed by atoms with Gasteiger partial charge >= 0.3 is 5.97 Å². The molecule has 1 saturated heterocycles. The van der Waals surface area contributed by atoms with E-state index in [0.717, 1.165) is 19.3 Å². The van der Waals surface area contributed by atoms with E-state index in [4.69, 9.17) is 0 Å². The van der Waals surface area contributed by atoms with Crippen LogP contribution in [0.3, 0.4) is 0 Å². The zero-order valence-electron chi connectivity index (χ0n) is 10.9. The van der Waals surface area contributed by atoms with Crippen molar-refractivity contribution in [1.82, 2.24) is 4.90 Å². The van der Waals surface area contributed by atoms with Gasteiger partial charge in [0.25, 0.3) is 0 Å². The Morgan fingerprint density at radius 2 is 2.21 bits per heavy atom. The second-order valence-corrected chi connectivity index (χ2v) is 5.90. The average molecular weight is 281 g/mol. The van der Waals surface area contributed by atoms with E-state index in [2.05, 4.69) is 0 Å². The van der Waals surface area contributed by atoms with Crippen LogP contribution >= 0.6 is 11.3 Å². The molecule has 104 valence electrons. The molecule has 1 aliphatic rings. The van der Waals surface area contributed by atoms with Crippen molar-refractivity contribution >= 4 is 23.2 Å². The van der Waals surface area contributed by atoms with Crippen LogP contribution in [0, 0.1) is 0 Å². The molecule has 1 aliphatic heterocycles. The number of nitrogens with zero attached hydrogens (tertiary/aromatic N) is 1. The Morgan fingerprint density at radius 1 is 1.37 bits per heavy atom. The van der Waals surface area contributed by atoms with Crippen molar-refractivity contribution in [1.29, 1.82) is 0 Å². The van der Waals surface area contributed by atoms with Crippen molar-refractivity contribution in [3.05, 3.63) is 22.4 Å². The fraction of sp³-hybridized carbons (Fsp3) is 0.571. The van der Waals surface area contributed by atoms with E-state index in [0.29, 0.717) is 25.8 Å². The molecule has 0 saturated carbocycles. The second-order valence-electron chi connectivity index (χ2n) is 4.87. The summed E-state index contributed by atoms with van der Waals surface area (Å²) in [5.41, 5.74) is 0. The number of amides is 1. The summed E-state index contributed by atoms with van der Waals surface area (Å²) in [4.78, 5) is 26.2. The maximum atomic E-state index is 12.2. The second kappa shape index (κ2) is 6.70. The van der Waals surface area contributed by atoms with E-state index < -0.39 is 12.0 Å². The third-order valence-corrected chi connectivity index (χ3v) is 4.46. The first-order chi connectivity index (χ1) is 9.18. The van der Waals surface area contributed by atoms with Crippen molar-refractivity contribution in [3.63, 3.8) is 0 Å². The molecule has 0 spiro atoms. The number of carbonyl (C=O) groups excluding carboxylic acids is 1. The van der Waals surface area contributed by atoms with Gasteiger partial charge in [-0.05, 0) is 30.7 Å². The van der Waals surface area contributed by atoms with Crippen LogP contribution in [-0.4, -0.2) is 34.5 Å². The molecule has 1 fully saturated rings. The molecule has 0 aromatic carbocycles. The lowest BCUT2D eigenvalue weighted by Gasteiger charge is -2.26.